The summed E-state index contributed by atoms with van der Waals surface area (Å²) in [7, 11) is 0. The lowest BCUT2D eigenvalue weighted by atomic mass is 9.99. The molecule has 0 bridgehead atoms. The molecule has 1 fully saturated rings. The van der Waals surface area contributed by atoms with Crippen LogP contribution in [0.2, 0.25) is 0 Å². The Morgan fingerprint density at radius 2 is 2.21 bits per heavy atom. The maximum Gasteiger partial charge on any atom is 0.0459 e. The van der Waals surface area contributed by atoms with Crippen LogP contribution in [0.25, 0.3) is 10.9 Å². The first-order chi connectivity index (χ1) is 9.34. The van der Waals surface area contributed by atoms with E-state index in [0.717, 1.165) is 19.0 Å². The first-order valence-electron chi connectivity index (χ1n) is 7.32. The lowest BCUT2D eigenvalue weighted by Gasteiger charge is -2.23. The molecule has 2 aromatic rings. The van der Waals surface area contributed by atoms with Crippen LogP contribution in [0.15, 0.2) is 24.3 Å². The SMILES string of the molecule is Cc1[nH]c2ccccc2c1CNCC1CCCNC1. The molecule has 1 unspecified atom stereocenters. The van der Waals surface area contributed by atoms with Crippen molar-refractivity contribution in [1.29, 1.82) is 0 Å². The number of hydrogen-bond acceptors (Lipinski definition) is 2. The molecule has 3 rings (SSSR count). The van der Waals surface area contributed by atoms with Gasteiger partial charge in [0.05, 0.1) is 0 Å². The third kappa shape index (κ3) is 2.82. The van der Waals surface area contributed by atoms with Gasteiger partial charge in [0.25, 0.3) is 0 Å². The van der Waals surface area contributed by atoms with E-state index in [9.17, 15) is 0 Å². The molecule has 2 heterocycles. The summed E-state index contributed by atoms with van der Waals surface area (Å²) < 4.78 is 0. The summed E-state index contributed by atoms with van der Waals surface area (Å²) in [6.07, 6.45) is 2.67. The van der Waals surface area contributed by atoms with E-state index in [-0.39, 0.29) is 0 Å². The van der Waals surface area contributed by atoms with E-state index in [4.69, 9.17) is 0 Å². The summed E-state index contributed by atoms with van der Waals surface area (Å²) in [5.74, 6) is 0.791. The Morgan fingerprint density at radius 1 is 1.32 bits per heavy atom. The van der Waals surface area contributed by atoms with E-state index in [0.29, 0.717) is 0 Å². The molecule has 0 radical (unpaired) electrons. The molecule has 102 valence electrons. The Morgan fingerprint density at radius 3 is 3.05 bits per heavy atom. The lowest BCUT2D eigenvalue weighted by Crippen LogP contribution is -2.35. The highest BCUT2D eigenvalue weighted by Gasteiger charge is 2.13. The first-order valence-corrected chi connectivity index (χ1v) is 7.32. The molecular weight excluding hydrogens is 234 g/mol. The third-order valence-electron chi connectivity index (χ3n) is 4.16. The molecule has 1 aromatic heterocycles. The van der Waals surface area contributed by atoms with E-state index in [1.165, 1.54) is 48.1 Å². The minimum Gasteiger partial charge on any atom is -0.358 e. The van der Waals surface area contributed by atoms with Gasteiger partial charge in [-0.3, -0.25) is 0 Å². The second kappa shape index (κ2) is 5.76. The third-order valence-corrected chi connectivity index (χ3v) is 4.16. The number of H-pyrrole nitrogens is 1. The maximum absolute atomic E-state index is 3.63. The van der Waals surface area contributed by atoms with Crippen LogP contribution in [-0.2, 0) is 6.54 Å². The molecule has 1 saturated heterocycles. The van der Waals surface area contributed by atoms with Gasteiger partial charge >= 0.3 is 0 Å². The Bertz CT molecular complexity index is 538. The summed E-state index contributed by atoms with van der Waals surface area (Å²) in [5, 5.41) is 8.46. The average Bonchev–Trinajstić information content (AvgIpc) is 2.76. The fraction of sp³-hybridized carbons (Fsp3) is 0.500. The number of piperidine rings is 1. The Balaban J connectivity index is 1.63. The van der Waals surface area contributed by atoms with Crippen LogP contribution in [-0.4, -0.2) is 24.6 Å². The van der Waals surface area contributed by atoms with Crippen molar-refractivity contribution in [3.05, 3.63) is 35.5 Å². The van der Waals surface area contributed by atoms with E-state index in [1.807, 2.05) is 0 Å². The van der Waals surface area contributed by atoms with Crippen molar-refractivity contribution in [3.8, 4) is 0 Å². The molecule has 0 saturated carbocycles. The van der Waals surface area contributed by atoms with E-state index in [1.54, 1.807) is 0 Å². The minimum absolute atomic E-state index is 0.791. The largest absolute Gasteiger partial charge is 0.358 e. The van der Waals surface area contributed by atoms with Gasteiger partial charge in [-0.15, -0.1) is 0 Å². The molecule has 1 atom stereocenters. The van der Waals surface area contributed by atoms with Crippen LogP contribution in [0.1, 0.15) is 24.1 Å². The van der Waals surface area contributed by atoms with Gasteiger partial charge in [0.1, 0.15) is 0 Å². The lowest BCUT2D eigenvalue weighted by molar-refractivity contribution is 0.360. The van der Waals surface area contributed by atoms with Crippen LogP contribution >= 0.6 is 0 Å². The number of rotatable bonds is 4. The van der Waals surface area contributed by atoms with Gasteiger partial charge in [0.2, 0.25) is 0 Å². The smallest absolute Gasteiger partial charge is 0.0459 e. The molecule has 3 N–H and O–H groups in total. The fourth-order valence-electron chi connectivity index (χ4n) is 3.06. The second-order valence-electron chi connectivity index (χ2n) is 5.62. The maximum atomic E-state index is 3.63. The Labute approximate surface area is 114 Å². The normalized spacial score (nSPS) is 19.9. The number of hydrogen-bond donors (Lipinski definition) is 3. The van der Waals surface area contributed by atoms with Gasteiger partial charge in [0, 0.05) is 23.1 Å². The van der Waals surface area contributed by atoms with Gasteiger partial charge < -0.3 is 15.6 Å². The van der Waals surface area contributed by atoms with Gasteiger partial charge in [-0.05, 0) is 56.9 Å². The zero-order valence-electron chi connectivity index (χ0n) is 11.6. The number of benzene rings is 1. The van der Waals surface area contributed by atoms with Crippen molar-refractivity contribution >= 4 is 10.9 Å². The van der Waals surface area contributed by atoms with Crippen molar-refractivity contribution in [3.63, 3.8) is 0 Å². The van der Waals surface area contributed by atoms with Crippen molar-refractivity contribution < 1.29 is 0 Å². The summed E-state index contributed by atoms with van der Waals surface area (Å²) in [6, 6.07) is 8.56. The topological polar surface area (TPSA) is 39.9 Å². The fourth-order valence-corrected chi connectivity index (χ4v) is 3.06. The number of aryl methyl sites for hydroxylation is 1. The van der Waals surface area contributed by atoms with E-state index in [2.05, 4.69) is 46.8 Å². The van der Waals surface area contributed by atoms with Crippen LogP contribution in [0, 0.1) is 12.8 Å². The number of aromatic nitrogens is 1. The predicted molar refractivity (Wildman–Crippen MR) is 80.3 cm³/mol. The number of fused-ring (bicyclic) bond motifs is 1. The number of nitrogens with one attached hydrogen (secondary N) is 3. The molecular formula is C16H23N3. The van der Waals surface area contributed by atoms with Crippen LogP contribution < -0.4 is 10.6 Å². The minimum atomic E-state index is 0.791. The number of aromatic amines is 1. The summed E-state index contributed by atoms with van der Waals surface area (Å²) in [6.45, 7) is 6.61. The molecule has 0 aliphatic carbocycles. The molecule has 19 heavy (non-hydrogen) atoms. The van der Waals surface area contributed by atoms with Gasteiger partial charge in [-0.25, -0.2) is 0 Å². The second-order valence-corrected chi connectivity index (χ2v) is 5.62. The van der Waals surface area contributed by atoms with Crippen LogP contribution in [0.4, 0.5) is 0 Å². The Kier molecular flexibility index (Phi) is 3.85. The van der Waals surface area contributed by atoms with Crippen molar-refractivity contribution in [2.24, 2.45) is 5.92 Å². The van der Waals surface area contributed by atoms with E-state index < -0.39 is 0 Å². The molecule has 1 aliphatic heterocycles. The molecule has 3 heteroatoms. The standard InChI is InChI=1S/C16H23N3/c1-12-15(14-6-2-3-7-16(14)19-12)11-18-10-13-5-4-8-17-9-13/h2-3,6-7,13,17-19H,4-5,8-11H2,1H3. The summed E-state index contributed by atoms with van der Waals surface area (Å²) >= 11 is 0. The van der Waals surface area contributed by atoms with Gasteiger partial charge in [-0.1, -0.05) is 18.2 Å². The monoisotopic (exact) mass is 257 g/mol. The average molecular weight is 257 g/mol. The summed E-state index contributed by atoms with van der Waals surface area (Å²) in [5.41, 5.74) is 3.95. The quantitative estimate of drug-likeness (QED) is 0.788. The molecule has 0 amide bonds. The first kappa shape index (κ1) is 12.7. The number of para-hydroxylation sites is 1. The predicted octanol–water partition coefficient (Wildman–Crippen LogP) is 2.57. The molecule has 1 aromatic carbocycles. The van der Waals surface area contributed by atoms with E-state index >= 15 is 0 Å². The van der Waals surface area contributed by atoms with Gasteiger partial charge in [0.15, 0.2) is 0 Å². The highest BCUT2D eigenvalue weighted by atomic mass is 14.9. The zero-order chi connectivity index (χ0) is 13.1. The summed E-state index contributed by atoms with van der Waals surface area (Å²) in [4.78, 5) is 3.46. The van der Waals surface area contributed by atoms with Crippen molar-refractivity contribution in [2.75, 3.05) is 19.6 Å². The van der Waals surface area contributed by atoms with Gasteiger partial charge in [-0.2, -0.15) is 0 Å². The van der Waals surface area contributed by atoms with Crippen LogP contribution in [0.5, 0.6) is 0 Å². The molecule has 1 aliphatic rings. The highest BCUT2D eigenvalue weighted by molar-refractivity contribution is 5.84. The zero-order valence-corrected chi connectivity index (χ0v) is 11.6. The van der Waals surface area contributed by atoms with Crippen molar-refractivity contribution in [2.45, 2.75) is 26.3 Å². The molecule has 3 nitrogen and oxygen atoms in total. The Hall–Kier alpha value is -1.32. The van der Waals surface area contributed by atoms with Crippen molar-refractivity contribution in [1.82, 2.24) is 15.6 Å². The molecule has 0 spiro atoms. The van der Waals surface area contributed by atoms with Crippen LogP contribution in [0.3, 0.4) is 0 Å². The highest BCUT2D eigenvalue weighted by Crippen LogP contribution is 2.21.